The van der Waals surface area contributed by atoms with Crippen molar-refractivity contribution in [2.45, 2.75) is 63.8 Å². The lowest BCUT2D eigenvalue weighted by atomic mass is 10.1. The Morgan fingerprint density at radius 3 is 2.75 bits per heavy atom. The Morgan fingerprint density at radius 2 is 2.05 bits per heavy atom. The van der Waals surface area contributed by atoms with Crippen LogP contribution in [0, 0.1) is 0 Å². The second-order valence-electron chi connectivity index (χ2n) is 6.10. The summed E-state index contributed by atoms with van der Waals surface area (Å²) in [4.78, 5) is 12.0. The number of nitrogens with one attached hydrogen (secondary N) is 1. The molecule has 2 aliphatic rings. The molecule has 0 aromatic carbocycles. The zero-order valence-electron chi connectivity index (χ0n) is 12.7. The van der Waals surface area contributed by atoms with Crippen molar-refractivity contribution in [1.29, 1.82) is 0 Å². The summed E-state index contributed by atoms with van der Waals surface area (Å²) < 4.78 is 0. The van der Waals surface area contributed by atoms with E-state index in [0.717, 1.165) is 24.0 Å². The van der Waals surface area contributed by atoms with Crippen LogP contribution in [0.15, 0.2) is 6.07 Å². The van der Waals surface area contributed by atoms with E-state index in [0.29, 0.717) is 12.0 Å². The lowest BCUT2D eigenvalue weighted by molar-refractivity contribution is 0.551. The van der Waals surface area contributed by atoms with Crippen LogP contribution in [0.25, 0.3) is 0 Å². The van der Waals surface area contributed by atoms with Gasteiger partial charge in [0, 0.05) is 31.6 Å². The molecule has 1 atom stereocenters. The van der Waals surface area contributed by atoms with Gasteiger partial charge in [-0.05, 0) is 32.1 Å². The third-order valence-corrected chi connectivity index (χ3v) is 4.57. The summed E-state index contributed by atoms with van der Waals surface area (Å²) in [5.74, 6) is 3.76. The van der Waals surface area contributed by atoms with Crippen LogP contribution >= 0.6 is 0 Å². The maximum absolute atomic E-state index is 4.88. The highest BCUT2D eigenvalue weighted by Gasteiger charge is 2.29. The Labute approximate surface area is 122 Å². The number of hydrogen-bond acceptors (Lipinski definition) is 4. The molecule has 1 aromatic heterocycles. The van der Waals surface area contributed by atoms with Crippen molar-refractivity contribution in [3.8, 4) is 0 Å². The molecule has 4 nitrogen and oxygen atoms in total. The molecule has 0 radical (unpaired) electrons. The van der Waals surface area contributed by atoms with Gasteiger partial charge in [0.15, 0.2) is 0 Å². The lowest BCUT2D eigenvalue weighted by Gasteiger charge is -2.30. The lowest BCUT2D eigenvalue weighted by Crippen LogP contribution is -2.35. The van der Waals surface area contributed by atoms with Gasteiger partial charge in [-0.2, -0.15) is 0 Å². The molecule has 2 fully saturated rings. The molecule has 4 heteroatoms. The van der Waals surface area contributed by atoms with Gasteiger partial charge in [-0.1, -0.05) is 19.8 Å². The topological polar surface area (TPSA) is 41.0 Å². The summed E-state index contributed by atoms with van der Waals surface area (Å²) in [5, 5.41) is 3.20. The van der Waals surface area contributed by atoms with Gasteiger partial charge >= 0.3 is 0 Å². The van der Waals surface area contributed by atoms with Crippen molar-refractivity contribution in [2.75, 3.05) is 23.8 Å². The fraction of sp³-hybridized carbons (Fsp3) is 0.750. The quantitative estimate of drug-likeness (QED) is 0.911. The van der Waals surface area contributed by atoms with Crippen LogP contribution in [0.1, 0.15) is 63.6 Å². The first-order valence-electron chi connectivity index (χ1n) is 8.15. The van der Waals surface area contributed by atoms with Gasteiger partial charge in [-0.3, -0.25) is 0 Å². The number of nitrogens with zero attached hydrogens (tertiary/aromatic N) is 3. The van der Waals surface area contributed by atoms with Crippen LogP contribution in [0.3, 0.4) is 0 Å². The third kappa shape index (κ3) is 2.89. The van der Waals surface area contributed by atoms with Crippen molar-refractivity contribution >= 4 is 11.6 Å². The van der Waals surface area contributed by atoms with E-state index in [9.17, 15) is 0 Å². The van der Waals surface area contributed by atoms with E-state index in [4.69, 9.17) is 4.98 Å². The van der Waals surface area contributed by atoms with E-state index >= 15 is 0 Å². The molecule has 1 aliphatic carbocycles. The largest absolute Gasteiger partial charge is 0.373 e. The minimum atomic E-state index is 0.606. The van der Waals surface area contributed by atoms with Crippen LogP contribution in [0.5, 0.6) is 0 Å². The average molecular weight is 274 g/mol. The zero-order chi connectivity index (χ0) is 13.9. The molecule has 2 heterocycles. The molecule has 20 heavy (non-hydrogen) atoms. The normalized spacial score (nSPS) is 23.5. The second-order valence-corrected chi connectivity index (χ2v) is 6.10. The predicted molar refractivity (Wildman–Crippen MR) is 83.4 cm³/mol. The van der Waals surface area contributed by atoms with Crippen molar-refractivity contribution < 1.29 is 0 Å². The molecular weight excluding hydrogens is 248 g/mol. The van der Waals surface area contributed by atoms with E-state index in [1.807, 2.05) is 7.05 Å². The van der Waals surface area contributed by atoms with Crippen molar-refractivity contribution in [1.82, 2.24) is 9.97 Å². The summed E-state index contributed by atoms with van der Waals surface area (Å²) >= 11 is 0. The maximum atomic E-state index is 4.88. The summed E-state index contributed by atoms with van der Waals surface area (Å²) in [7, 11) is 1.95. The minimum Gasteiger partial charge on any atom is -0.373 e. The Morgan fingerprint density at radius 1 is 1.20 bits per heavy atom. The van der Waals surface area contributed by atoms with Gasteiger partial charge in [0.25, 0.3) is 0 Å². The fourth-order valence-electron chi connectivity index (χ4n) is 3.16. The third-order valence-electron chi connectivity index (χ3n) is 4.57. The monoisotopic (exact) mass is 274 g/mol. The molecule has 1 aromatic rings. The van der Waals surface area contributed by atoms with Crippen molar-refractivity contribution in [3.05, 3.63) is 11.9 Å². The number of aromatic nitrogens is 2. The summed E-state index contributed by atoms with van der Waals surface area (Å²) in [6.07, 6.45) is 9.01. The highest BCUT2D eigenvalue weighted by Crippen LogP contribution is 2.39. The molecular formula is C16H26N4. The maximum Gasteiger partial charge on any atom is 0.136 e. The molecule has 1 unspecified atom stereocenters. The minimum absolute atomic E-state index is 0.606. The molecule has 1 saturated heterocycles. The average Bonchev–Trinajstić information content (AvgIpc) is 3.32. The van der Waals surface area contributed by atoms with E-state index in [1.54, 1.807) is 0 Å². The molecule has 3 rings (SSSR count). The number of hydrogen-bond donors (Lipinski definition) is 1. The summed E-state index contributed by atoms with van der Waals surface area (Å²) in [5.41, 5.74) is 0. The smallest absolute Gasteiger partial charge is 0.136 e. The molecule has 0 spiro atoms. The number of rotatable bonds is 4. The summed E-state index contributed by atoms with van der Waals surface area (Å²) in [6, 6.07) is 2.77. The van der Waals surface area contributed by atoms with Crippen LogP contribution in [-0.4, -0.2) is 29.6 Å². The Bertz CT molecular complexity index is 456. The van der Waals surface area contributed by atoms with Crippen LogP contribution in [0.4, 0.5) is 11.6 Å². The Kier molecular flexibility index (Phi) is 4.08. The van der Waals surface area contributed by atoms with E-state index < -0.39 is 0 Å². The van der Waals surface area contributed by atoms with Gasteiger partial charge in [0.2, 0.25) is 0 Å². The standard InChI is InChI=1S/C16H26N4/c1-3-13-7-5-4-6-10-20(13)15-11-14(17-2)18-16(19-15)12-8-9-12/h11-13H,3-10H2,1-2H3,(H,17,18,19). The highest BCUT2D eigenvalue weighted by atomic mass is 15.2. The van der Waals surface area contributed by atoms with Gasteiger partial charge in [-0.15, -0.1) is 0 Å². The zero-order valence-corrected chi connectivity index (χ0v) is 12.7. The van der Waals surface area contributed by atoms with Crippen LogP contribution in [0.2, 0.25) is 0 Å². The first kappa shape index (κ1) is 13.7. The molecule has 1 N–H and O–H groups in total. The van der Waals surface area contributed by atoms with Gasteiger partial charge in [-0.25, -0.2) is 9.97 Å². The SMILES string of the molecule is CCC1CCCCCN1c1cc(NC)nc(C2CC2)n1. The Balaban J connectivity index is 1.91. The van der Waals surface area contributed by atoms with E-state index in [2.05, 4.69) is 28.2 Å². The van der Waals surface area contributed by atoms with Crippen molar-refractivity contribution in [3.63, 3.8) is 0 Å². The van der Waals surface area contributed by atoms with E-state index in [-0.39, 0.29) is 0 Å². The molecule has 0 bridgehead atoms. The number of anilines is 2. The van der Waals surface area contributed by atoms with Gasteiger partial charge in [0.05, 0.1) is 0 Å². The molecule has 1 saturated carbocycles. The molecule has 0 amide bonds. The summed E-state index contributed by atoms with van der Waals surface area (Å²) in [6.45, 7) is 3.44. The first-order chi connectivity index (χ1) is 9.81. The molecule has 1 aliphatic heterocycles. The van der Waals surface area contributed by atoms with Gasteiger partial charge in [0.1, 0.15) is 17.5 Å². The Hall–Kier alpha value is -1.32. The molecule has 110 valence electrons. The first-order valence-corrected chi connectivity index (χ1v) is 8.15. The van der Waals surface area contributed by atoms with Crippen molar-refractivity contribution in [2.24, 2.45) is 0 Å². The highest BCUT2D eigenvalue weighted by molar-refractivity contribution is 5.50. The van der Waals surface area contributed by atoms with Crippen LogP contribution in [-0.2, 0) is 0 Å². The van der Waals surface area contributed by atoms with Gasteiger partial charge < -0.3 is 10.2 Å². The second kappa shape index (κ2) is 5.98. The van der Waals surface area contributed by atoms with Crippen LogP contribution < -0.4 is 10.2 Å². The fourth-order valence-corrected chi connectivity index (χ4v) is 3.16. The predicted octanol–water partition coefficient (Wildman–Crippen LogP) is 3.55. The van der Waals surface area contributed by atoms with E-state index in [1.165, 1.54) is 44.9 Å².